The van der Waals surface area contributed by atoms with Crippen molar-refractivity contribution in [3.8, 4) is 11.5 Å². The van der Waals surface area contributed by atoms with Gasteiger partial charge in [-0.1, -0.05) is 29.3 Å². The summed E-state index contributed by atoms with van der Waals surface area (Å²) in [5.74, 6) is 0.351. The molecule has 0 aliphatic rings. The Balaban J connectivity index is 1.60. The first-order valence-electron chi connectivity index (χ1n) is 8.13. The summed E-state index contributed by atoms with van der Waals surface area (Å²) in [6.07, 6.45) is 0. The Kier molecular flexibility index (Phi) is 4.19. The van der Waals surface area contributed by atoms with Crippen LogP contribution in [0.5, 0.6) is 0 Å². The number of benzene rings is 3. The quantitative estimate of drug-likeness (QED) is 0.508. The van der Waals surface area contributed by atoms with Gasteiger partial charge in [0.05, 0.1) is 0 Å². The molecule has 0 aliphatic heterocycles. The average molecular weight is 363 g/mol. The van der Waals surface area contributed by atoms with Crippen molar-refractivity contribution < 1.29 is 9.21 Å². The lowest BCUT2D eigenvalue weighted by molar-refractivity contribution is 0.102. The fourth-order valence-corrected chi connectivity index (χ4v) is 2.76. The molecule has 0 fully saturated rings. The van der Waals surface area contributed by atoms with Gasteiger partial charge in [0, 0.05) is 21.8 Å². The lowest BCUT2D eigenvalue weighted by atomic mass is 10.1. The molecule has 0 saturated heterocycles. The Hall–Kier alpha value is -3.11. The second-order valence-corrected chi connectivity index (χ2v) is 6.47. The summed E-state index contributed by atoms with van der Waals surface area (Å²) in [6, 6.07) is 20.1. The molecular weight excluding hydrogens is 348 g/mol. The number of carbonyl (C=O) groups is 1. The van der Waals surface area contributed by atoms with Crippen LogP contribution in [0.1, 0.15) is 15.9 Å². The number of rotatable bonds is 3. The van der Waals surface area contributed by atoms with Gasteiger partial charge >= 0.3 is 0 Å². The SMILES string of the molecule is Cc1ccc(C(=O)Nc2ccc3oc(-c4ccc(Cl)cc4)nc3c2)cc1. The molecule has 0 aliphatic carbocycles. The van der Waals surface area contributed by atoms with Crippen molar-refractivity contribution in [3.63, 3.8) is 0 Å². The van der Waals surface area contributed by atoms with E-state index in [4.69, 9.17) is 16.0 Å². The normalized spacial score (nSPS) is 10.8. The van der Waals surface area contributed by atoms with Crippen LogP contribution in [0.2, 0.25) is 5.02 Å². The molecule has 0 spiro atoms. The lowest BCUT2D eigenvalue weighted by Crippen LogP contribution is -2.11. The van der Waals surface area contributed by atoms with Gasteiger partial charge in [0.15, 0.2) is 5.58 Å². The number of aryl methyl sites for hydroxylation is 1. The fourth-order valence-electron chi connectivity index (χ4n) is 2.63. The molecule has 0 radical (unpaired) electrons. The molecule has 1 heterocycles. The van der Waals surface area contributed by atoms with Crippen molar-refractivity contribution >= 4 is 34.3 Å². The average Bonchev–Trinajstić information content (AvgIpc) is 3.06. The van der Waals surface area contributed by atoms with E-state index in [1.54, 1.807) is 42.5 Å². The van der Waals surface area contributed by atoms with E-state index in [1.165, 1.54) is 0 Å². The van der Waals surface area contributed by atoms with E-state index in [-0.39, 0.29) is 5.91 Å². The third kappa shape index (κ3) is 3.32. The van der Waals surface area contributed by atoms with E-state index in [0.29, 0.717) is 33.3 Å². The number of anilines is 1. The van der Waals surface area contributed by atoms with Crippen molar-refractivity contribution in [1.82, 2.24) is 4.98 Å². The summed E-state index contributed by atoms with van der Waals surface area (Å²) < 4.78 is 5.78. The van der Waals surface area contributed by atoms with Gasteiger partial charge in [-0.3, -0.25) is 4.79 Å². The third-order valence-electron chi connectivity index (χ3n) is 4.05. The first-order chi connectivity index (χ1) is 12.6. The summed E-state index contributed by atoms with van der Waals surface area (Å²) in [4.78, 5) is 16.9. The standard InChI is InChI=1S/C21H15ClN2O2/c1-13-2-4-14(5-3-13)20(25)23-17-10-11-19-18(12-17)24-21(26-19)15-6-8-16(22)9-7-15/h2-12H,1H3,(H,23,25). The van der Waals surface area contributed by atoms with Crippen LogP contribution in [0, 0.1) is 6.92 Å². The van der Waals surface area contributed by atoms with Crippen molar-refractivity contribution in [2.45, 2.75) is 6.92 Å². The summed E-state index contributed by atoms with van der Waals surface area (Å²) >= 11 is 5.91. The van der Waals surface area contributed by atoms with Gasteiger partial charge in [-0.05, 0) is 61.5 Å². The number of halogens is 1. The maximum absolute atomic E-state index is 12.4. The van der Waals surface area contributed by atoms with Crippen molar-refractivity contribution in [3.05, 3.63) is 82.9 Å². The molecule has 0 bridgehead atoms. The highest BCUT2D eigenvalue weighted by molar-refractivity contribution is 6.30. The molecule has 4 aromatic rings. The Morgan fingerprint density at radius 1 is 1.00 bits per heavy atom. The molecule has 0 saturated carbocycles. The van der Waals surface area contributed by atoms with Crippen LogP contribution in [-0.4, -0.2) is 10.9 Å². The first-order valence-corrected chi connectivity index (χ1v) is 8.51. The molecule has 3 aromatic carbocycles. The number of hydrogen-bond acceptors (Lipinski definition) is 3. The van der Waals surface area contributed by atoms with E-state index < -0.39 is 0 Å². The molecule has 4 rings (SSSR count). The van der Waals surface area contributed by atoms with Crippen LogP contribution in [0.15, 0.2) is 71.1 Å². The number of aromatic nitrogens is 1. The van der Waals surface area contributed by atoms with Gasteiger partial charge in [-0.2, -0.15) is 0 Å². The number of nitrogens with one attached hydrogen (secondary N) is 1. The van der Waals surface area contributed by atoms with Crippen LogP contribution >= 0.6 is 11.6 Å². The lowest BCUT2D eigenvalue weighted by Gasteiger charge is -2.05. The van der Waals surface area contributed by atoms with Crippen LogP contribution in [-0.2, 0) is 0 Å². The molecule has 0 unspecified atom stereocenters. The van der Waals surface area contributed by atoms with Crippen molar-refractivity contribution in [1.29, 1.82) is 0 Å². The summed E-state index contributed by atoms with van der Waals surface area (Å²) in [5, 5.41) is 3.55. The molecule has 1 amide bonds. The highest BCUT2D eigenvalue weighted by Crippen LogP contribution is 2.27. The van der Waals surface area contributed by atoms with Crippen LogP contribution in [0.3, 0.4) is 0 Å². The number of fused-ring (bicyclic) bond motifs is 1. The van der Waals surface area contributed by atoms with Crippen LogP contribution < -0.4 is 5.32 Å². The Morgan fingerprint density at radius 3 is 2.46 bits per heavy atom. The zero-order valence-corrected chi connectivity index (χ0v) is 14.7. The summed E-state index contributed by atoms with van der Waals surface area (Å²) in [5.41, 5.74) is 4.56. The zero-order chi connectivity index (χ0) is 18.1. The molecule has 0 atom stereocenters. The van der Waals surface area contributed by atoms with Gasteiger partial charge in [0.2, 0.25) is 5.89 Å². The summed E-state index contributed by atoms with van der Waals surface area (Å²) in [6.45, 7) is 1.98. The van der Waals surface area contributed by atoms with E-state index in [9.17, 15) is 4.79 Å². The Morgan fingerprint density at radius 2 is 1.73 bits per heavy atom. The van der Waals surface area contributed by atoms with E-state index in [1.807, 2.05) is 31.2 Å². The maximum atomic E-state index is 12.4. The molecule has 1 N–H and O–H groups in total. The second-order valence-electron chi connectivity index (χ2n) is 6.03. The monoisotopic (exact) mass is 362 g/mol. The van der Waals surface area contributed by atoms with Gasteiger partial charge in [-0.15, -0.1) is 0 Å². The van der Waals surface area contributed by atoms with E-state index in [2.05, 4.69) is 10.3 Å². The largest absolute Gasteiger partial charge is 0.436 e. The first kappa shape index (κ1) is 16.4. The van der Waals surface area contributed by atoms with Gasteiger partial charge in [0.25, 0.3) is 5.91 Å². The third-order valence-corrected chi connectivity index (χ3v) is 4.30. The number of nitrogens with zero attached hydrogens (tertiary/aromatic N) is 1. The highest BCUT2D eigenvalue weighted by atomic mass is 35.5. The van der Waals surface area contributed by atoms with E-state index in [0.717, 1.165) is 11.1 Å². The smallest absolute Gasteiger partial charge is 0.255 e. The van der Waals surface area contributed by atoms with Crippen molar-refractivity contribution in [2.24, 2.45) is 0 Å². The molecule has 26 heavy (non-hydrogen) atoms. The minimum Gasteiger partial charge on any atom is -0.436 e. The Bertz CT molecular complexity index is 1080. The van der Waals surface area contributed by atoms with Gasteiger partial charge < -0.3 is 9.73 Å². The zero-order valence-electron chi connectivity index (χ0n) is 14.0. The number of oxazole rings is 1. The molecule has 4 nitrogen and oxygen atoms in total. The van der Waals surface area contributed by atoms with Crippen LogP contribution in [0.25, 0.3) is 22.6 Å². The van der Waals surface area contributed by atoms with Gasteiger partial charge in [0.1, 0.15) is 5.52 Å². The molecule has 128 valence electrons. The maximum Gasteiger partial charge on any atom is 0.255 e. The predicted octanol–water partition coefficient (Wildman–Crippen LogP) is 5.71. The highest BCUT2D eigenvalue weighted by Gasteiger charge is 2.11. The van der Waals surface area contributed by atoms with E-state index >= 15 is 0 Å². The number of carbonyl (C=O) groups excluding carboxylic acids is 1. The molecule has 1 aromatic heterocycles. The summed E-state index contributed by atoms with van der Waals surface area (Å²) in [7, 11) is 0. The number of hydrogen-bond donors (Lipinski definition) is 1. The van der Waals surface area contributed by atoms with Gasteiger partial charge in [-0.25, -0.2) is 4.98 Å². The van der Waals surface area contributed by atoms with Crippen LogP contribution in [0.4, 0.5) is 5.69 Å². The number of amides is 1. The Labute approximate surface area is 155 Å². The second kappa shape index (κ2) is 6.65. The molecule has 5 heteroatoms. The fraction of sp³-hybridized carbons (Fsp3) is 0.0476. The predicted molar refractivity (Wildman–Crippen MR) is 104 cm³/mol. The molecular formula is C21H15ClN2O2. The topological polar surface area (TPSA) is 55.1 Å². The van der Waals surface area contributed by atoms with Crippen molar-refractivity contribution in [2.75, 3.05) is 5.32 Å². The minimum atomic E-state index is -0.161. The minimum absolute atomic E-state index is 0.161.